The number of amides is 1. The Kier molecular flexibility index (Phi) is 5.29. The van der Waals surface area contributed by atoms with Gasteiger partial charge in [-0.2, -0.15) is 0 Å². The molecule has 0 aliphatic heterocycles. The van der Waals surface area contributed by atoms with E-state index in [4.69, 9.17) is 0 Å². The summed E-state index contributed by atoms with van der Waals surface area (Å²) in [4.78, 5) is 22.2. The molecule has 0 aliphatic carbocycles. The molecule has 0 fully saturated rings. The summed E-state index contributed by atoms with van der Waals surface area (Å²) in [5.74, 6) is 0.625. The molecular formula is C17H23N3OS. The van der Waals surface area contributed by atoms with Crippen LogP contribution in [0, 0.1) is 0 Å². The van der Waals surface area contributed by atoms with E-state index in [1.807, 2.05) is 11.4 Å². The highest BCUT2D eigenvalue weighted by atomic mass is 32.1. The average molecular weight is 317 g/mol. The first-order valence-corrected chi connectivity index (χ1v) is 8.46. The number of hydrogen-bond acceptors (Lipinski definition) is 4. The summed E-state index contributed by atoms with van der Waals surface area (Å²) in [6.45, 7) is 8.27. The number of nitrogens with zero attached hydrogens (tertiary/aromatic N) is 2. The van der Waals surface area contributed by atoms with Gasteiger partial charge in [-0.25, -0.2) is 9.97 Å². The molecule has 0 saturated carbocycles. The van der Waals surface area contributed by atoms with Crippen molar-refractivity contribution in [3.05, 3.63) is 46.2 Å². The van der Waals surface area contributed by atoms with Crippen LogP contribution in [0.25, 0.3) is 0 Å². The van der Waals surface area contributed by atoms with E-state index in [9.17, 15) is 4.79 Å². The quantitative estimate of drug-likeness (QED) is 0.903. The molecule has 0 bridgehead atoms. The van der Waals surface area contributed by atoms with Gasteiger partial charge >= 0.3 is 0 Å². The van der Waals surface area contributed by atoms with Crippen molar-refractivity contribution in [2.24, 2.45) is 0 Å². The minimum Gasteiger partial charge on any atom is -0.344 e. The van der Waals surface area contributed by atoms with Crippen molar-refractivity contribution in [3.63, 3.8) is 0 Å². The Morgan fingerprint density at radius 1 is 1.32 bits per heavy atom. The van der Waals surface area contributed by atoms with Crippen LogP contribution in [0.2, 0.25) is 0 Å². The molecule has 1 atom stereocenters. The molecule has 5 heteroatoms. The summed E-state index contributed by atoms with van der Waals surface area (Å²) in [6.07, 6.45) is 5.16. The van der Waals surface area contributed by atoms with Crippen molar-refractivity contribution in [2.75, 3.05) is 0 Å². The van der Waals surface area contributed by atoms with Crippen molar-refractivity contribution >= 4 is 17.2 Å². The molecule has 0 saturated heterocycles. The molecule has 2 aromatic heterocycles. The minimum absolute atomic E-state index is 0.0554. The molecule has 1 N–H and O–H groups in total. The van der Waals surface area contributed by atoms with Gasteiger partial charge in [-0.15, -0.1) is 11.3 Å². The largest absolute Gasteiger partial charge is 0.344 e. The fourth-order valence-electron chi connectivity index (χ4n) is 2.14. The zero-order valence-electron chi connectivity index (χ0n) is 13.6. The predicted octanol–water partition coefficient (Wildman–Crippen LogP) is 4.11. The van der Waals surface area contributed by atoms with Crippen molar-refractivity contribution in [1.82, 2.24) is 15.3 Å². The predicted molar refractivity (Wildman–Crippen MR) is 90.2 cm³/mol. The number of thiophene rings is 1. The van der Waals surface area contributed by atoms with Crippen molar-refractivity contribution in [1.29, 1.82) is 0 Å². The smallest absolute Gasteiger partial charge is 0.254 e. The Morgan fingerprint density at radius 2 is 2.00 bits per heavy atom. The van der Waals surface area contributed by atoms with Crippen LogP contribution in [0.3, 0.4) is 0 Å². The normalized spacial score (nSPS) is 12.9. The van der Waals surface area contributed by atoms with E-state index >= 15 is 0 Å². The van der Waals surface area contributed by atoms with Gasteiger partial charge in [-0.3, -0.25) is 4.79 Å². The summed E-state index contributed by atoms with van der Waals surface area (Å²) in [7, 11) is 0. The monoisotopic (exact) mass is 317 g/mol. The fourth-order valence-corrected chi connectivity index (χ4v) is 2.95. The highest BCUT2D eigenvalue weighted by Crippen LogP contribution is 2.23. The van der Waals surface area contributed by atoms with Crippen LogP contribution in [0.1, 0.15) is 67.6 Å². The van der Waals surface area contributed by atoms with E-state index in [0.29, 0.717) is 5.56 Å². The maximum absolute atomic E-state index is 12.4. The van der Waals surface area contributed by atoms with Crippen LogP contribution in [-0.4, -0.2) is 15.9 Å². The average Bonchev–Trinajstić information content (AvgIpc) is 3.00. The maximum atomic E-state index is 12.4. The second-order valence-corrected chi connectivity index (χ2v) is 7.35. The molecule has 2 heterocycles. The molecule has 4 nitrogen and oxygen atoms in total. The molecule has 0 spiro atoms. The Labute approximate surface area is 136 Å². The maximum Gasteiger partial charge on any atom is 0.254 e. The zero-order valence-corrected chi connectivity index (χ0v) is 14.4. The highest BCUT2D eigenvalue weighted by molar-refractivity contribution is 7.10. The summed E-state index contributed by atoms with van der Waals surface area (Å²) >= 11 is 1.67. The lowest BCUT2D eigenvalue weighted by molar-refractivity contribution is 0.0934. The van der Waals surface area contributed by atoms with Gasteiger partial charge in [0.25, 0.3) is 5.91 Å². The second kappa shape index (κ2) is 7.01. The van der Waals surface area contributed by atoms with E-state index in [1.165, 1.54) is 4.88 Å². The van der Waals surface area contributed by atoms with Gasteiger partial charge in [0.2, 0.25) is 0 Å². The minimum atomic E-state index is -0.118. The number of hydrogen-bond donors (Lipinski definition) is 1. The first-order valence-electron chi connectivity index (χ1n) is 7.58. The highest BCUT2D eigenvalue weighted by Gasteiger charge is 2.19. The van der Waals surface area contributed by atoms with E-state index in [1.54, 1.807) is 23.7 Å². The van der Waals surface area contributed by atoms with Crippen LogP contribution in [0.5, 0.6) is 0 Å². The third kappa shape index (κ3) is 4.13. The van der Waals surface area contributed by atoms with E-state index in [0.717, 1.165) is 18.7 Å². The van der Waals surface area contributed by atoms with E-state index in [-0.39, 0.29) is 17.4 Å². The number of aromatic nitrogens is 2. The number of nitrogens with one attached hydrogen (secondary N) is 1. The Bertz CT molecular complexity index is 600. The molecule has 1 amide bonds. The van der Waals surface area contributed by atoms with Gasteiger partial charge in [0.1, 0.15) is 5.82 Å². The van der Waals surface area contributed by atoms with Gasteiger partial charge in [0, 0.05) is 22.7 Å². The summed E-state index contributed by atoms with van der Waals surface area (Å²) in [6, 6.07) is 4.13. The molecule has 0 aromatic carbocycles. The van der Waals surface area contributed by atoms with Gasteiger partial charge in [0.05, 0.1) is 11.6 Å². The van der Waals surface area contributed by atoms with Crippen molar-refractivity contribution in [2.45, 2.75) is 52.0 Å². The Hall–Kier alpha value is -1.75. The lowest BCUT2D eigenvalue weighted by Gasteiger charge is -2.18. The molecular weight excluding hydrogens is 294 g/mol. The van der Waals surface area contributed by atoms with E-state index in [2.05, 4.69) is 49.0 Å². The number of carbonyl (C=O) groups is 1. The molecule has 2 aromatic rings. The van der Waals surface area contributed by atoms with Crippen LogP contribution in [-0.2, 0) is 5.41 Å². The number of carbonyl (C=O) groups excluding carboxylic acids is 1. The van der Waals surface area contributed by atoms with Gasteiger partial charge in [-0.05, 0) is 17.9 Å². The summed E-state index contributed by atoms with van der Waals surface area (Å²) in [5, 5.41) is 5.12. The first kappa shape index (κ1) is 16.6. The summed E-state index contributed by atoms with van der Waals surface area (Å²) < 4.78 is 0. The third-order valence-corrected chi connectivity index (χ3v) is 4.34. The van der Waals surface area contributed by atoms with Crippen LogP contribution in [0.15, 0.2) is 29.9 Å². The van der Waals surface area contributed by atoms with Gasteiger partial charge < -0.3 is 5.32 Å². The second-order valence-electron chi connectivity index (χ2n) is 6.38. The van der Waals surface area contributed by atoms with Crippen LogP contribution >= 0.6 is 11.3 Å². The zero-order chi connectivity index (χ0) is 16.2. The van der Waals surface area contributed by atoms with Crippen molar-refractivity contribution in [3.8, 4) is 0 Å². The van der Waals surface area contributed by atoms with E-state index < -0.39 is 0 Å². The van der Waals surface area contributed by atoms with Gasteiger partial charge in [0.15, 0.2) is 0 Å². The lowest BCUT2D eigenvalue weighted by Crippen LogP contribution is -2.28. The SMILES string of the molecule is CCC[C@H](NC(=O)c1cnc(C(C)(C)C)nc1)c1cccs1. The van der Waals surface area contributed by atoms with Crippen molar-refractivity contribution < 1.29 is 4.79 Å². The fraction of sp³-hybridized carbons (Fsp3) is 0.471. The molecule has 2 rings (SSSR count). The lowest BCUT2D eigenvalue weighted by atomic mass is 9.96. The van der Waals surface area contributed by atoms with Gasteiger partial charge in [-0.1, -0.05) is 40.2 Å². The topological polar surface area (TPSA) is 54.9 Å². The Morgan fingerprint density at radius 3 is 2.50 bits per heavy atom. The molecule has 0 radical (unpaired) electrons. The number of rotatable bonds is 5. The molecule has 118 valence electrons. The summed E-state index contributed by atoms with van der Waals surface area (Å²) in [5.41, 5.74) is 0.391. The van der Waals surface area contributed by atoms with Crippen LogP contribution < -0.4 is 5.32 Å². The molecule has 0 unspecified atom stereocenters. The molecule has 22 heavy (non-hydrogen) atoms. The van der Waals surface area contributed by atoms with Crippen LogP contribution in [0.4, 0.5) is 0 Å². The third-order valence-electron chi connectivity index (χ3n) is 3.35. The molecule has 0 aliphatic rings. The standard InChI is InChI=1S/C17H23N3OS/c1-5-7-13(14-8-6-9-22-14)20-15(21)12-10-18-16(19-11-12)17(2,3)4/h6,8-11,13H,5,7H2,1-4H3,(H,20,21)/t13-/m0/s1. The Balaban J connectivity index is 2.10. The first-order chi connectivity index (χ1) is 10.4.